The van der Waals surface area contributed by atoms with Crippen molar-refractivity contribution in [1.29, 1.82) is 0 Å². The van der Waals surface area contributed by atoms with Crippen molar-refractivity contribution in [2.75, 3.05) is 20.2 Å². The third kappa shape index (κ3) is 1.89. The van der Waals surface area contributed by atoms with Gasteiger partial charge >= 0.3 is 0 Å². The van der Waals surface area contributed by atoms with Gasteiger partial charge in [0.05, 0.1) is 7.11 Å². The van der Waals surface area contributed by atoms with Crippen LogP contribution in [-0.2, 0) is 0 Å². The molecular formula is C15H17NO. The van der Waals surface area contributed by atoms with Crippen molar-refractivity contribution < 1.29 is 4.74 Å². The van der Waals surface area contributed by atoms with Gasteiger partial charge in [0.1, 0.15) is 5.75 Å². The summed E-state index contributed by atoms with van der Waals surface area (Å²) in [6.07, 6.45) is 1.20. The number of hydrogen-bond acceptors (Lipinski definition) is 2. The van der Waals surface area contributed by atoms with Crippen LogP contribution in [-0.4, -0.2) is 20.2 Å². The predicted molar refractivity (Wildman–Crippen MR) is 70.7 cm³/mol. The third-order valence-electron chi connectivity index (χ3n) is 3.60. The standard InChI is InChI=1S/C15H17NO/c1-17-15-9-12-5-3-2-4-11(12)8-14(15)13-6-7-16-10-13/h2-5,8-9,13,16H,6-7,10H2,1H3. The molecule has 17 heavy (non-hydrogen) atoms. The number of hydrogen-bond donors (Lipinski definition) is 1. The van der Waals surface area contributed by atoms with Crippen molar-refractivity contribution in [3.05, 3.63) is 42.0 Å². The average Bonchev–Trinajstić information content (AvgIpc) is 2.91. The van der Waals surface area contributed by atoms with Crippen LogP contribution in [0.2, 0.25) is 0 Å². The molecule has 1 fully saturated rings. The molecule has 0 amide bonds. The van der Waals surface area contributed by atoms with Gasteiger partial charge in [0, 0.05) is 12.5 Å². The van der Waals surface area contributed by atoms with Crippen molar-refractivity contribution >= 4 is 10.8 Å². The summed E-state index contributed by atoms with van der Waals surface area (Å²) >= 11 is 0. The van der Waals surface area contributed by atoms with Crippen molar-refractivity contribution in [3.63, 3.8) is 0 Å². The second kappa shape index (κ2) is 4.38. The fraction of sp³-hybridized carbons (Fsp3) is 0.333. The fourth-order valence-electron chi connectivity index (χ4n) is 2.65. The van der Waals surface area contributed by atoms with Gasteiger partial charge in [-0.05, 0) is 41.4 Å². The van der Waals surface area contributed by atoms with Crippen LogP contribution in [0.15, 0.2) is 36.4 Å². The summed E-state index contributed by atoms with van der Waals surface area (Å²) in [6.45, 7) is 2.18. The first-order chi connectivity index (χ1) is 8.38. The van der Waals surface area contributed by atoms with Gasteiger partial charge in [-0.3, -0.25) is 0 Å². The van der Waals surface area contributed by atoms with Crippen LogP contribution in [0.1, 0.15) is 17.9 Å². The Morgan fingerprint density at radius 1 is 1.18 bits per heavy atom. The topological polar surface area (TPSA) is 21.3 Å². The molecule has 0 bridgehead atoms. The maximum Gasteiger partial charge on any atom is 0.123 e. The second-order valence-corrected chi connectivity index (χ2v) is 4.63. The first kappa shape index (κ1) is 10.6. The van der Waals surface area contributed by atoms with Crippen LogP contribution < -0.4 is 10.1 Å². The quantitative estimate of drug-likeness (QED) is 0.851. The summed E-state index contributed by atoms with van der Waals surface area (Å²) < 4.78 is 5.54. The van der Waals surface area contributed by atoms with E-state index in [2.05, 4.69) is 41.7 Å². The van der Waals surface area contributed by atoms with Gasteiger partial charge < -0.3 is 10.1 Å². The lowest BCUT2D eigenvalue weighted by molar-refractivity contribution is 0.407. The lowest BCUT2D eigenvalue weighted by Gasteiger charge is -2.15. The van der Waals surface area contributed by atoms with E-state index in [1.54, 1.807) is 7.11 Å². The minimum atomic E-state index is 0.592. The van der Waals surface area contributed by atoms with Crippen LogP contribution >= 0.6 is 0 Å². The molecule has 1 unspecified atom stereocenters. The van der Waals surface area contributed by atoms with Gasteiger partial charge in [0.15, 0.2) is 0 Å². The highest BCUT2D eigenvalue weighted by Gasteiger charge is 2.20. The van der Waals surface area contributed by atoms with Crippen LogP contribution in [0.3, 0.4) is 0 Å². The fourth-order valence-corrected chi connectivity index (χ4v) is 2.65. The highest BCUT2D eigenvalue weighted by Crippen LogP contribution is 2.34. The Hall–Kier alpha value is -1.54. The summed E-state index contributed by atoms with van der Waals surface area (Å²) in [6, 6.07) is 12.9. The lowest BCUT2D eigenvalue weighted by Crippen LogP contribution is -2.08. The summed E-state index contributed by atoms with van der Waals surface area (Å²) in [4.78, 5) is 0. The molecule has 0 radical (unpaired) electrons. The van der Waals surface area contributed by atoms with Crippen molar-refractivity contribution in [2.45, 2.75) is 12.3 Å². The Labute approximate surface area is 102 Å². The molecular weight excluding hydrogens is 210 g/mol. The number of rotatable bonds is 2. The molecule has 1 N–H and O–H groups in total. The van der Waals surface area contributed by atoms with E-state index < -0.39 is 0 Å². The number of methoxy groups -OCH3 is 1. The summed E-state index contributed by atoms with van der Waals surface area (Å²) in [7, 11) is 1.76. The lowest BCUT2D eigenvalue weighted by atomic mass is 9.94. The Kier molecular flexibility index (Phi) is 2.73. The highest BCUT2D eigenvalue weighted by atomic mass is 16.5. The molecule has 88 valence electrons. The summed E-state index contributed by atoms with van der Waals surface area (Å²) in [5.74, 6) is 1.62. The van der Waals surface area contributed by atoms with Gasteiger partial charge in [0.2, 0.25) is 0 Å². The minimum absolute atomic E-state index is 0.592. The minimum Gasteiger partial charge on any atom is -0.496 e. The number of nitrogens with one attached hydrogen (secondary N) is 1. The van der Waals surface area contributed by atoms with E-state index >= 15 is 0 Å². The van der Waals surface area contributed by atoms with Crippen molar-refractivity contribution in [2.24, 2.45) is 0 Å². The zero-order valence-corrected chi connectivity index (χ0v) is 10.1. The molecule has 1 aliphatic rings. The van der Waals surface area contributed by atoms with Crippen molar-refractivity contribution in [1.82, 2.24) is 5.32 Å². The molecule has 0 aliphatic carbocycles. The second-order valence-electron chi connectivity index (χ2n) is 4.63. The number of benzene rings is 2. The van der Waals surface area contributed by atoms with Crippen LogP contribution in [0.4, 0.5) is 0 Å². The van der Waals surface area contributed by atoms with Crippen LogP contribution in [0.25, 0.3) is 10.8 Å². The highest BCUT2D eigenvalue weighted by molar-refractivity contribution is 5.85. The molecule has 0 saturated carbocycles. The SMILES string of the molecule is COc1cc2ccccc2cc1C1CCNC1. The predicted octanol–water partition coefficient (Wildman–Crippen LogP) is 2.93. The molecule has 2 heteroatoms. The normalized spacial score (nSPS) is 19.7. The monoisotopic (exact) mass is 227 g/mol. The Morgan fingerprint density at radius 2 is 1.94 bits per heavy atom. The van der Waals surface area contributed by atoms with Gasteiger partial charge in [-0.25, -0.2) is 0 Å². The van der Waals surface area contributed by atoms with E-state index in [9.17, 15) is 0 Å². The maximum atomic E-state index is 5.54. The van der Waals surface area contributed by atoms with Crippen LogP contribution in [0.5, 0.6) is 5.75 Å². The van der Waals surface area contributed by atoms with E-state index in [0.717, 1.165) is 18.8 Å². The molecule has 2 aromatic rings. The maximum absolute atomic E-state index is 5.54. The molecule has 2 nitrogen and oxygen atoms in total. The number of ether oxygens (including phenoxy) is 1. The van der Waals surface area contributed by atoms with E-state index in [-0.39, 0.29) is 0 Å². The molecule has 1 aliphatic heterocycles. The first-order valence-electron chi connectivity index (χ1n) is 6.16. The van der Waals surface area contributed by atoms with Gasteiger partial charge in [-0.15, -0.1) is 0 Å². The van der Waals surface area contributed by atoms with E-state index in [0.29, 0.717) is 5.92 Å². The smallest absolute Gasteiger partial charge is 0.123 e. The van der Waals surface area contributed by atoms with Gasteiger partial charge in [0.25, 0.3) is 0 Å². The third-order valence-corrected chi connectivity index (χ3v) is 3.60. The zero-order chi connectivity index (χ0) is 11.7. The molecule has 1 saturated heterocycles. The van der Waals surface area contributed by atoms with Gasteiger partial charge in [-0.1, -0.05) is 24.3 Å². The Balaban J connectivity index is 2.14. The van der Waals surface area contributed by atoms with E-state index in [1.165, 1.54) is 22.8 Å². The molecule has 3 rings (SSSR count). The first-order valence-corrected chi connectivity index (χ1v) is 6.16. The zero-order valence-electron chi connectivity index (χ0n) is 10.1. The molecule has 0 aromatic heterocycles. The van der Waals surface area contributed by atoms with E-state index in [1.807, 2.05) is 0 Å². The van der Waals surface area contributed by atoms with Crippen LogP contribution in [0, 0.1) is 0 Å². The van der Waals surface area contributed by atoms with Crippen molar-refractivity contribution in [3.8, 4) is 5.75 Å². The van der Waals surface area contributed by atoms with Gasteiger partial charge in [-0.2, -0.15) is 0 Å². The Morgan fingerprint density at radius 3 is 2.59 bits per heavy atom. The molecule has 1 atom stereocenters. The molecule has 1 heterocycles. The average molecular weight is 227 g/mol. The van der Waals surface area contributed by atoms with E-state index in [4.69, 9.17) is 4.74 Å². The molecule has 0 spiro atoms. The molecule has 2 aromatic carbocycles. The summed E-state index contributed by atoms with van der Waals surface area (Å²) in [5, 5.41) is 5.96. The Bertz CT molecular complexity index is 529. The number of fused-ring (bicyclic) bond motifs is 1. The summed E-state index contributed by atoms with van der Waals surface area (Å²) in [5.41, 5.74) is 1.34. The largest absolute Gasteiger partial charge is 0.496 e.